The number of nitrogens with one attached hydrogen (secondary N) is 7. The van der Waals surface area contributed by atoms with Gasteiger partial charge < -0.3 is 40.0 Å². The van der Waals surface area contributed by atoms with Crippen molar-refractivity contribution in [2.75, 3.05) is 0 Å². The van der Waals surface area contributed by atoms with Crippen LogP contribution in [-0.2, 0) is 40.1 Å². The van der Waals surface area contributed by atoms with Gasteiger partial charge in [-0.25, -0.2) is 0 Å². The number of fused-ring (bicyclic) bond motifs is 12. The van der Waals surface area contributed by atoms with Gasteiger partial charge in [-0.3, -0.25) is 19.4 Å². The number of ketones is 2. The molecular weight excluding hydrogens is 1160 g/mol. The normalized spacial score (nSPS) is 15.8. The summed E-state index contributed by atoms with van der Waals surface area (Å²) in [6.07, 6.45) is 21.3. The number of Topliss-reactive ketones (excluding diaryl/α,β-unsaturated/α-hetero) is 1. The van der Waals surface area contributed by atoms with E-state index in [2.05, 4.69) is 131 Å². The molecule has 458 valence electrons. The zero-order chi connectivity index (χ0) is 63.2. The molecule has 8 heterocycles. The van der Waals surface area contributed by atoms with Crippen LogP contribution < -0.4 is 5.32 Å². The number of aldehydes is 1. The first-order valence-electron chi connectivity index (χ1n) is 32.4. The highest BCUT2D eigenvalue weighted by Gasteiger charge is 2.38. The third-order valence-electron chi connectivity index (χ3n) is 19.4. The monoisotopic (exact) mass is 1230 g/mol. The summed E-state index contributed by atoms with van der Waals surface area (Å²) in [6.45, 7) is 0. The van der Waals surface area contributed by atoms with Gasteiger partial charge in [-0.15, -0.1) is 0 Å². The highest BCUT2D eigenvalue weighted by atomic mass is 16.2. The second kappa shape index (κ2) is 24.5. The number of hydrogen-bond acceptors (Lipinski definition) is 5. The van der Waals surface area contributed by atoms with Gasteiger partial charge in [-0.2, -0.15) is 0 Å². The number of carbonyl (C=O) groups is 4. The molecule has 0 bridgehead atoms. The smallest absolute Gasteiger partial charge is 0.234 e. The standard InChI is InChI=1S/C21H17N3O2.C21H19N.C20H13N3O.C20H17NO/c25-11-12-9-15-13-5-2-4-8-18(13)24-20(15)19(21(26)23-12)16-10-22-17-7-3-1-6-14(16)17;1-2-6-16-14(5-1)11-12-18(16)21(15-9-10-15)19-13-22-20-8-4-3-7-17(19)20;24-20(15-11-22-16-7-3-1-6-13(15)16)19-18-14(9-10-21-19)12-5-2-4-8-17(12)23-18;22-17(11-15-10-9-14-5-1-2-6-18(14)15)12-16-13-21-20-8-4-3-7-19(16)20/h1-8,10-12,19,22,24H,9H2,(H,23,26);1-8,12-13,15,21-22H,9-11H2;1-11,22-23H;1-8,10,13,21H,9,11-12H2/t12-,19+;;;/m0.../s1. The molecule has 7 aromatic heterocycles. The summed E-state index contributed by atoms with van der Waals surface area (Å²) >= 11 is 0. The topological polar surface area (TPSA) is 188 Å². The molecule has 1 unspecified atom stereocenters. The molecule has 12 heteroatoms. The average molecular weight is 1230 g/mol. The van der Waals surface area contributed by atoms with Crippen molar-refractivity contribution >= 4 is 111 Å². The van der Waals surface area contributed by atoms with Gasteiger partial charge in [0.15, 0.2) is 0 Å². The Bertz CT molecular complexity index is 5500. The van der Waals surface area contributed by atoms with Gasteiger partial charge in [0.1, 0.15) is 23.7 Å². The number of aromatic amines is 6. The zero-order valence-electron chi connectivity index (χ0n) is 51.5. The van der Waals surface area contributed by atoms with Crippen LogP contribution in [0.25, 0.3) is 87.5 Å². The maximum atomic E-state index is 13.1. The van der Waals surface area contributed by atoms with E-state index in [1.165, 1.54) is 57.1 Å². The number of carbonyl (C=O) groups excluding carboxylic acids is 4. The number of pyridine rings is 1. The van der Waals surface area contributed by atoms with E-state index < -0.39 is 12.0 Å². The Morgan fingerprint density at radius 2 is 1.09 bits per heavy atom. The van der Waals surface area contributed by atoms with Crippen molar-refractivity contribution in [3.8, 4) is 0 Å². The fourth-order valence-electron chi connectivity index (χ4n) is 14.7. The Labute approximate surface area is 541 Å². The van der Waals surface area contributed by atoms with Gasteiger partial charge in [0.25, 0.3) is 0 Å². The molecule has 3 atom stereocenters. The van der Waals surface area contributed by atoms with Crippen LogP contribution in [0.5, 0.6) is 0 Å². The third kappa shape index (κ3) is 10.7. The van der Waals surface area contributed by atoms with Gasteiger partial charge in [-0.05, 0) is 130 Å². The quantitative estimate of drug-likeness (QED) is 0.0501. The predicted molar refractivity (Wildman–Crippen MR) is 377 cm³/mol. The van der Waals surface area contributed by atoms with Crippen molar-refractivity contribution in [1.82, 2.24) is 40.2 Å². The second-order valence-electron chi connectivity index (χ2n) is 25.0. The van der Waals surface area contributed by atoms with Crippen LogP contribution in [0.1, 0.15) is 97.4 Å². The van der Waals surface area contributed by atoms with Crippen molar-refractivity contribution in [3.63, 3.8) is 0 Å². The largest absolute Gasteiger partial charge is 0.361 e. The highest BCUT2D eigenvalue weighted by molar-refractivity contribution is 6.22. The summed E-state index contributed by atoms with van der Waals surface area (Å²) in [5.41, 5.74) is 21.8. The molecule has 0 saturated heterocycles. The first-order chi connectivity index (χ1) is 46.3. The molecule has 15 aromatic rings. The zero-order valence-corrected chi connectivity index (χ0v) is 51.5. The summed E-state index contributed by atoms with van der Waals surface area (Å²) in [5, 5.41) is 10.5. The van der Waals surface area contributed by atoms with E-state index >= 15 is 0 Å². The molecule has 1 saturated carbocycles. The van der Waals surface area contributed by atoms with Crippen molar-refractivity contribution in [2.45, 2.75) is 62.8 Å². The molecule has 94 heavy (non-hydrogen) atoms. The van der Waals surface area contributed by atoms with Gasteiger partial charge >= 0.3 is 0 Å². The van der Waals surface area contributed by atoms with Crippen LogP contribution in [0.2, 0.25) is 0 Å². The lowest BCUT2D eigenvalue weighted by molar-refractivity contribution is -0.124. The molecule has 1 aliphatic heterocycles. The number of para-hydroxylation sites is 6. The highest BCUT2D eigenvalue weighted by Crippen LogP contribution is 2.53. The summed E-state index contributed by atoms with van der Waals surface area (Å²) in [4.78, 5) is 74.4. The molecule has 8 aromatic carbocycles. The van der Waals surface area contributed by atoms with Crippen molar-refractivity contribution in [2.24, 2.45) is 5.92 Å². The van der Waals surface area contributed by atoms with Crippen LogP contribution >= 0.6 is 0 Å². The van der Waals surface area contributed by atoms with Crippen molar-refractivity contribution < 1.29 is 19.2 Å². The third-order valence-corrected chi connectivity index (χ3v) is 19.4. The first-order valence-corrected chi connectivity index (χ1v) is 32.4. The lowest BCUT2D eigenvalue weighted by atomic mass is 9.84. The minimum atomic E-state index is -0.518. The van der Waals surface area contributed by atoms with E-state index in [-0.39, 0.29) is 17.5 Å². The molecule has 19 rings (SSSR count). The van der Waals surface area contributed by atoms with Crippen LogP contribution in [0.4, 0.5) is 0 Å². The van der Waals surface area contributed by atoms with E-state index in [1.54, 1.807) is 18.0 Å². The average Bonchev–Trinajstić information content (AvgIpc) is 1.63. The Hall–Kier alpha value is -11.6. The number of nitrogens with zero attached hydrogens (tertiary/aromatic N) is 1. The van der Waals surface area contributed by atoms with E-state index in [0.717, 1.165) is 113 Å². The second-order valence-corrected chi connectivity index (χ2v) is 25.0. The molecule has 1 fully saturated rings. The lowest BCUT2D eigenvalue weighted by Gasteiger charge is -2.19. The summed E-state index contributed by atoms with van der Waals surface area (Å²) in [7, 11) is 0. The van der Waals surface area contributed by atoms with E-state index in [0.29, 0.717) is 36.4 Å². The van der Waals surface area contributed by atoms with E-state index in [4.69, 9.17) is 0 Å². The molecule has 0 spiro atoms. The molecule has 0 radical (unpaired) electrons. The van der Waals surface area contributed by atoms with Gasteiger partial charge in [0.2, 0.25) is 11.7 Å². The Kier molecular flexibility index (Phi) is 15.0. The lowest BCUT2D eigenvalue weighted by Crippen LogP contribution is -2.38. The van der Waals surface area contributed by atoms with E-state index in [9.17, 15) is 19.2 Å². The fourth-order valence-corrected chi connectivity index (χ4v) is 14.7. The molecule has 12 nitrogen and oxygen atoms in total. The summed E-state index contributed by atoms with van der Waals surface area (Å²) in [5.74, 6) is 0.921. The van der Waals surface area contributed by atoms with Crippen LogP contribution in [0, 0.1) is 5.92 Å². The Balaban J connectivity index is 0.0000000994. The first kappa shape index (κ1) is 57.5. The Morgan fingerprint density at radius 3 is 1.83 bits per heavy atom. The van der Waals surface area contributed by atoms with Crippen LogP contribution in [-0.4, -0.2) is 64.7 Å². The number of aromatic nitrogens is 7. The molecule has 3 aliphatic carbocycles. The van der Waals surface area contributed by atoms with Crippen molar-refractivity contribution in [3.05, 3.63) is 305 Å². The van der Waals surface area contributed by atoms with Gasteiger partial charge in [-0.1, -0.05) is 170 Å². The summed E-state index contributed by atoms with van der Waals surface area (Å²) in [6, 6.07) is 67.3. The number of amides is 1. The number of benzene rings is 8. The van der Waals surface area contributed by atoms with Crippen LogP contribution in [0.15, 0.2) is 243 Å². The molecule has 1 amide bonds. The van der Waals surface area contributed by atoms with E-state index in [1.807, 2.05) is 140 Å². The van der Waals surface area contributed by atoms with Gasteiger partial charge in [0, 0.05) is 138 Å². The summed E-state index contributed by atoms with van der Waals surface area (Å²) < 4.78 is 0. The molecular formula is C82H66N8O4. The SMILES string of the molecule is C1=C(C(c2c[nH]c3ccccc23)C2CC2)c2ccccc2C1.O=C(CC1=CCc2ccccc21)Cc1c[nH]c2ccccc12.O=C(c1c[nH]c2ccccc12)c1nccc2c1[nH]c1ccccc12.O=C[C@@H]1Cc2c([nH]c3ccccc23)[C@@H](c2c[nH]c3ccccc23)C(=O)N1. The predicted octanol–water partition coefficient (Wildman–Crippen LogP) is 17.1. The minimum Gasteiger partial charge on any atom is -0.361 e. The fraction of sp³-hybridized carbons (Fsp3) is 0.134. The van der Waals surface area contributed by atoms with Crippen LogP contribution in [0.3, 0.4) is 0 Å². The number of hydrogen-bond donors (Lipinski definition) is 7. The molecule has 7 N–H and O–H groups in total. The maximum absolute atomic E-state index is 13.1. The van der Waals surface area contributed by atoms with Crippen molar-refractivity contribution in [1.29, 1.82) is 0 Å². The number of rotatable bonds is 11. The maximum Gasteiger partial charge on any atom is 0.234 e. The van der Waals surface area contributed by atoms with Gasteiger partial charge in [0.05, 0.1) is 11.6 Å². The number of H-pyrrole nitrogens is 6. The number of allylic oxidation sites excluding steroid dienone is 4. The minimum absolute atomic E-state index is 0.0791. The Morgan fingerprint density at radius 1 is 0.521 bits per heavy atom. The molecule has 4 aliphatic rings.